The molecule has 1 N–H and O–H groups in total. The first-order valence-electron chi connectivity index (χ1n) is 5.03. The fourth-order valence-corrected chi connectivity index (χ4v) is 3.06. The van der Waals surface area contributed by atoms with Crippen LogP contribution in [0.5, 0.6) is 10.8 Å². The normalized spacial score (nSPS) is 25.3. The number of piperidine rings is 1. The van der Waals surface area contributed by atoms with E-state index >= 15 is 0 Å². The van der Waals surface area contributed by atoms with E-state index in [9.17, 15) is 0 Å². The van der Waals surface area contributed by atoms with Gasteiger partial charge in [-0.3, -0.25) is 0 Å². The van der Waals surface area contributed by atoms with Crippen molar-refractivity contribution in [1.29, 1.82) is 0 Å². The number of thiophene rings is 1. The molecule has 2 aliphatic heterocycles. The maximum absolute atomic E-state index is 5.48. The summed E-state index contributed by atoms with van der Waals surface area (Å²) in [6.07, 6.45) is 2.52. The molecule has 1 aromatic rings. The molecule has 1 fully saturated rings. The number of ether oxygens (including phenoxy) is 2. The van der Waals surface area contributed by atoms with Gasteiger partial charge in [-0.2, -0.15) is 0 Å². The highest BCUT2D eigenvalue weighted by molar-refractivity contribution is 7.12. The largest absolute Gasteiger partial charge is 0.452 e. The minimum absolute atomic E-state index is 0.398. The molecule has 0 spiro atoms. The Kier molecular flexibility index (Phi) is 2.10. The lowest BCUT2D eigenvalue weighted by atomic mass is 9.93. The molecule has 0 bridgehead atoms. The van der Waals surface area contributed by atoms with Crippen molar-refractivity contribution in [2.24, 2.45) is 0 Å². The van der Waals surface area contributed by atoms with Crippen LogP contribution < -0.4 is 14.8 Å². The SMILES string of the molecule is c1sc2c(c1C1CCCNC1)OCO2. The van der Waals surface area contributed by atoms with Crippen LogP contribution in [0.25, 0.3) is 0 Å². The van der Waals surface area contributed by atoms with E-state index in [0.29, 0.717) is 12.7 Å². The van der Waals surface area contributed by atoms with E-state index in [1.54, 1.807) is 11.3 Å². The van der Waals surface area contributed by atoms with Gasteiger partial charge in [0.15, 0.2) is 5.75 Å². The van der Waals surface area contributed by atoms with Crippen molar-refractivity contribution in [1.82, 2.24) is 5.32 Å². The van der Waals surface area contributed by atoms with Crippen molar-refractivity contribution in [2.75, 3.05) is 19.9 Å². The third-order valence-electron chi connectivity index (χ3n) is 2.87. The highest BCUT2D eigenvalue weighted by atomic mass is 32.1. The van der Waals surface area contributed by atoms with E-state index in [0.717, 1.165) is 23.9 Å². The van der Waals surface area contributed by atoms with Crippen LogP contribution in [0, 0.1) is 0 Å². The van der Waals surface area contributed by atoms with Gasteiger partial charge in [0.25, 0.3) is 0 Å². The lowest BCUT2D eigenvalue weighted by molar-refractivity contribution is 0.174. The first kappa shape index (κ1) is 8.56. The van der Waals surface area contributed by atoms with Crippen LogP contribution in [0.15, 0.2) is 5.38 Å². The smallest absolute Gasteiger partial charge is 0.232 e. The Morgan fingerprint density at radius 1 is 1.43 bits per heavy atom. The Bertz CT molecular complexity index is 331. The zero-order valence-corrected chi connectivity index (χ0v) is 8.73. The Balaban J connectivity index is 1.88. The molecular formula is C10H13NO2S. The summed E-state index contributed by atoms with van der Waals surface area (Å²) in [5.41, 5.74) is 1.34. The van der Waals surface area contributed by atoms with Gasteiger partial charge in [0, 0.05) is 23.4 Å². The minimum atomic E-state index is 0.398. The molecular weight excluding hydrogens is 198 g/mol. The lowest BCUT2D eigenvalue weighted by Gasteiger charge is -2.22. The summed E-state index contributed by atoms with van der Waals surface area (Å²) in [5.74, 6) is 1.62. The van der Waals surface area contributed by atoms with Gasteiger partial charge in [-0.15, -0.1) is 11.3 Å². The van der Waals surface area contributed by atoms with Crippen molar-refractivity contribution < 1.29 is 9.47 Å². The predicted molar refractivity (Wildman–Crippen MR) is 55.3 cm³/mol. The molecule has 0 saturated carbocycles. The predicted octanol–water partition coefficient (Wildman–Crippen LogP) is 1.94. The van der Waals surface area contributed by atoms with E-state index in [1.165, 1.54) is 18.4 Å². The van der Waals surface area contributed by atoms with Crippen LogP contribution in [0.1, 0.15) is 24.3 Å². The maximum Gasteiger partial charge on any atom is 0.232 e. The molecule has 1 atom stereocenters. The van der Waals surface area contributed by atoms with Gasteiger partial charge in [0.1, 0.15) is 0 Å². The second kappa shape index (κ2) is 3.44. The van der Waals surface area contributed by atoms with Gasteiger partial charge in [0.05, 0.1) is 0 Å². The molecule has 2 aliphatic rings. The molecule has 3 rings (SSSR count). The van der Waals surface area contributed by atoms with Crippen molar-refractivity contribution in [3.8, 4) is 10.8 Å². The van der Waals surface area contributed by atoms with Crippen LogP contribution in [0.3, 0.4) is 0 Å². The fraction of sp³-hybridized carbons (Fsp3) is 0.600. The lowest BCUT2D eigenvalue weighted by Crippen LogP contribution is -2.28. The fourth-order valence-electron chi connectivity index (χ4n) is 2.12. The quantitative estimate of drug-likeness (QED) is 0.770. The summed E-state index contributed by atoms with van der Waals surface area (Å²) in [4.78, 5) is 0. The summed E-state index contributed by atoms with van der Waals surface area (Å²) in [6, 6.07) is 0. The van der Waals surface area contributed by atoms with E-state index in [1.807, 2.05) is 0 Å². The van der Waals surface area contributed by atoms with Crippen LogP contribution in [-0.4, -0.2) is 19.9 Å². The number of hydrogen-bond acceptors (Lipinski definition) is 4. The first-order valence-corrected chi connectivity index (χ1v) is 5.91. The van der Waals surface area contributed by atoms with Crippen LogP contribution in [0.4, 0.5) is 0 Å². The molecule has 0 aromatic carbocycles. The van der Waals surface area contributed by atoms with Gasteiger partial charge in [-0.25, -0.2) is 0 Å². The zero-order chi connectivity index (χ0) is 9.38. The Labute approximate surface area is 87.0 Å². The molecule has 4 heteroatoms. The van der Waals surface area contributed by atoms with Crippen LogP contribution in [0.2, 0.25) is 0 Å². The summed E-state index contributed by atoms with van der Waals surface area (Å²) < 4.78 is 10.8. The molecule has 3 heterocycles. The molecule has 14 heavy (non-hydrogen) atoms. The van der Waals surface area contributed by atoms with E-state index in [-0.39, 0.29) is 0 Å². The summed E-state index contributed by atoms with van der Waals surface area (Å²) >= 11 is 1.66. The standard InChI is InChI=1S/C10H13NO2S/c1-2-7(4-11-3-1)8-5-14-10-9(8)12-6-13-10/h5,7,11H,1-4,6H2. The molecule has 0 aliphatic carbocycles. The van der Waals surface area contributed by atoms with Crippen molar-refractivity contribution in [3.05, 3.63) is 10.9 Å². The van der Waals surface area contributed by atoms with Crippen molar-refractivity contribution in [2.45, 2.75) is 18.8 Å². The van der Waals surface area contributed by atoms with E-state index in [2.05, 4.69) is 10.7 Å². The van der Waals surface area contributed by atoms with Crippen molar-refractivity contribution >= 4 is 11.3 Å². The van der Waals surface area contributed by atoms with E-state index < -0.39 is 0 Å². The van der Waals surface area contributed by atoms with Gasteiger partial charge in [-0.05, 0) is 19.4 Å². The summed E-state index contributed by atoms with van der Waals surface area (Å²) in [7, 11) is 0. The number of fused-ring (bicyclic) bond motifs is 1. The van der Waals surface area contributed by atoms with Gasteiger partial charge in [-0.1, -0.05) is 0 Å². The Hall–Kier alpha value is -0.740. The van der Waals surface area contributed by atoms with Crippen molar-refractivity contribution in [3.63, 3.8) is 0 Å². The molecule has 1 aromatic heterocycles. The molecule has 1 saturated heterocycles. The molecule has 76 valence electrons. The molecule has 0 amide bonds. The van der Waals surface area contributed by atoms with E-state index in [4.69, 9.17) is 9.47 Å². The highest BCUT2D eigenvalue weighted by Crippen LogP contribution is 2.46. The average molecular weight is 211 g/mol. The topological polar surface area (TPSA) is 30.5 Å². The second-order valence-electron chi connectivity index (χ2n) is 3.76. The number of rotatable bonds is 1. The molecule has 3 nitrogen and oxygen atoms in total. The second-order valence-corrected chi connectivity index (χ2v) is 4.60. The Morgan fingerprint density at radius 2 is 2.43 bits per heavy atom. The molecule has 1 unspecified atom stereocenters. The number of nitrogens with one attached hydrogen (secondary N) is 1. The van der Waals surface area contributed by atoms with Gasteiger partial charge in [0.2, 0.25) is 11.9 Å². The Morgan fingerprint density at radius 3 is 3.29 bits per heavy atom. The zero-order valence-electron chi connectivity index (χ0n) is 7.91. The maximum atomic E-state index is 5.48. The third kappa shape index (κ3) is 1.29. The minimum Gasteiger partial charge on any atom is -0.452 e. The average Bonchev–Trinajstić information content (AvgIpc) is 2.79. The third-order valence-corrected chi connectivity index (χ3v) is 3.76. The summed E-state index contributed by atoms with van der Waals surface area (Å²) in [6.45, 7) is 2.63. The highest BCUT2D eigenvalue weighted by Gasteiger charge is 2.26. The molecule has 0 radical (unpaired) electrons. The monoisotopic (exact) mass is 211 g/mol. The van der Waals surface area contributed by atoms with Crippen LogP contribution in [-0.2, 0) is 0 Å². The first-order chi connectivity index (χ1) is 6.95. The number of hydrogen-bond donors (Lipinski definition) is 1. The summed E-state index contributed by atoms with van der Waals surface area (Å²) in [5, 5.41) is 6.57. The van der Waals surface area contributed by atoms with Crippen LogP contribution >= 0.6 is 11.3 Å². The van der Waals surface area contributed by atoms with Gasteiger partial charge >= 0.3 is 0 Å². The van der Waals surface area contributed by atoms with Gasteiger partial charge < -0.3 is 14.8 Å².